The topological polar surface area (TPSA) is 64.3 Å². The minimum atomic E-state index is -0.565. The maximum atomic E-state index is 11.8. The first-order chi connectivity index (χ1) is 8.95. The summed E-state index contributed by atoms with van der Waals surface area (Å²) in [5, 5.41) is 3.39. The number of halogens is 1. The van der Waals surface area contributed by atoms with E-state index in [2.05, 4.69) is 5.32 Å². The summed E-state index contributed by atoms with van der Waals surface area (Å²) in [5.41, 5.74) is 6.67. The van der Waals surface area contributed by atoms with Gasteiger partial charge in [-0.2, -0.15) is 0 Å². The van der Waals surface area contributed by atoms with Crippen molar-refractivity contribution in [3.63, 3.8) is 0 Å². The van der Waals surface area contributed by atoms with Crippen molar-refractivity contribution in [1.82, 2.24) is 5.32 Å². The molecule has 0 aliphatic rings. The highest BCUT2D eigenvalue weighted by Crippen LogP contribution is 2.28. The molecule has 1 aromatic carbocycles. The lowest BCUT2D eigenvalue weighted by atomic mass is 10.1. The number of hydrogen-bond donors (Lipinski definition) is 2. The van der Waals surface area contributed by atoms with Crippen LogP contribution in [0.15, 0.2) is 18.2 Å². The number of hydrogen-bond acceptors (Lipinski definition) is 3. The Kier molecular flexibility index (Phi) is 6.12. The SMILES string of the molecule is CCCNC(=O)C(C)Oc1ccc(Cl)cc1[C@H](C)N. The zero-order valence-electron chi connectivity index (χ0n) is 11.6. The predicted octanol–water partition coefficient (Wildman–Crippen LogP) is 2.65. The fourth-order valence-electron chi connectivity index (χ4n) is 1.62. The molecule has 0 fully saturated rings. The number of amides is 1. The van der Waals surface area contributed by atoms with Crippen molar-refractivity contribution in [1.29, 1.82) is 0 Å². The van der Waals surface area contributed by atoms with E-state index in [0.29, 0.717) is 17.3 Å². The van der Waals surface area contributed by atoms with Crippen LogP contribution >= 0.6 is 11.6 Å². The van der Waals surface area contributed by atoms with Gasteiger partial charge in [0.2, 0.25) is 0 Å². The Morgan fingerprint density at radius 1 is 1.47 bits per heavy atom. The summed E-state index contributed by atoms with van der Waals surface area (Å²) >= 11 is 5.94. The van der Waals surface area contributed by atoms with E-state index in [1.54, 1.807) is 25.1 Å². The quantitative estimate of drug-likeness (QED) is 0.844. The Hall–Kier alpha value is -1.26. The lowest BCUT2D eigenvalue weighted by molar-refractivity contribution is -0.127. The summed E-state index contributed by atoms with van der Waals surface area (Å²) in [7, 11) is 0. The van der Waals surface area contributed by atoms with Crippen molar-refractivity contribution in [2.24, 2.45) is 5.73 Å². The van der Waals surface area contributed by atoms with Crippen molar-refractivity contribution in [3.8, 4) is 5.75 Å². The third kappa shape index (κ3) is 4.73. The number of nitrogens with two attached hydrogens (primary N) is 1. The fourth-order valence-corrected chi connectivity index (χ4v) is 1.80. The van der Waals surface area contributed by atoms with Crippen LogP contribution in [0.25, 0.3) is 0 Å². The third-order valence-electron chi connectivity index (χ3n) is 2.68. The number of rotatable bonds is 6. The normalized spacial score (nSPS) is 13.7. The molecule has 106 valence electrons. The molecule has 0 aliphatic heterocycles. The molecule has 5 heteroatoms. The van der Waals surface area contributed by atoms with Crippen LogP contribution < -0.4 is 15.8 Å². The van der Waals surface area contributed by atoms with Gasteiger partial charge in [-0.15, -0.1) is 0 Å². The van der Waals surface area contributed by atoms with E-state index in [1.165, 1.54) is 0 Å². The minimum Gasteiger partial charge on any atom is -0.481 e. The van der Waals surface area contributed by atoms with Gasteiger partial charge in [-0.25, -0.2) is 0 Å². The maximum Gasteiger partial charge on any atom is 0.260 e. The van der Waals surface area contributed by atoms with Gasteiger partial charge in [0.1, 0.15) is 5.75 Å². The van der Waals surface area contributed by atoms with E-state index < -0.39 is 6.10 Å². The smallest absolute Gasteiger partial charge is 0.260 e. The first-order valence-corrected chi connectivity index (χ1v) is 6.82. The molecule has 0 bridgehead atoms. The number of carbonyl (C=O) groups excluding carboxylic acids is 1. The van der Waals surface area contributed by atoms with E-state index >= 15 is 0 Å². The standard InChI is InChI=1S/C14H21ClN2O2/c1-4-7-17-14(18)10(3)19-13-6-5-11(15)8-12(13)9(2)16/h5-6,8-10H,4,7,16H2,1-3H3,(H,17,18)/t9-,10?/m0/s1. The maximum absolute atomic E-state index is 11.8. The molecule has 0 spiro atoms. The molecule has 3 N–H and O–H groups in total. The Morgan fingerprint density at radius 2 is 2.16 bits per heavy atom. The van der Waals surface area contributed by atoms with Gasteiger partial charge in [-0.3, -0.25) is 4.79 Å². The second-order valence-electron chi connectivity index (χ2n) is 4.52. The van der Waals surface area contributed by atoms with Crippen molar-refractivity contribution in [2.75, 3.05) is 6.54 Å². The molecule has 1 aromatic rings. The lowest BCUT2D eigenvalue weighted by Crippen LogP contribution is -2.36. The minimum absolute atomic E-state index is 0.132. The Balaban J connectivity index is 2.78. The number of nitrogens with one attached hydrogen (secondary N) is 1. The highest BCUT2D eigenvalue weighted by Gasteiger charge is 2.17. The summed E-state index contributed by atoms with van der Waals surface area (Å²) in [6.45, 7) is 6.21. The third-order valence-corrected chi connectivity index (χ3v) is 2.92. The van der Waals surface area contributed by atoms with E-state index in [0.717, 1.165) is 12.0 Å². The first-order valence-electron chi connectivity index (χ1n) is 6.45. The molecule has 0 aromatic heterocycles. The van der Waals surface area contributed by atoms with Gasteiger partial charge < -0.3 is 15.8 Å². The van der Waals surface area contributed by atoms with Crippen molar-refractivity contribution in [3.05, 3.63) is 28.8 Å². The summed E-state index contributed by atoms with van der Waals surface area (Å²) in [5.74, 6) is 0.464. The van der Waals surface area contributed by atoms with Crippen molar-refractivity contribution >= 4 is 17.5 Å². The molecule has 0 aliphatic carbocycles. The van der Waals surface area contributed by atoms with E-state index in [1.807, 2.05) is 13.8 Å². The molecule has 1 amide bonds. The van der Waals surface area contributed by atoms with Gasteiger partial charge in [-0.05, 0) is 38.5 Å². The molecular weight excluding hydrogens is 264 g/mol. The van der Waals surface area contributed by atoms with Crippen LogP contribution in [0, 0.1) is 0 Å². The van der Waals surface area contributed by atoms with Crippen molar-refractivity contribution < 1.29 is 9.53 Å². The predicted molar refractivity (Wildman–Crippen MR) is 77.4 cm³/mol. The zero-order valence-corrected chi connectivity index (χ0v) is 12.3. The van der Waals surface area contributed by atoms with Crippen molar-refractivity contribution in [2.45, 2.75) is 39.3 Å². The summed E-state index contributed by atoms with van der Waals surface area (Å²) in [6, 6.07) is 5.02. The number of carbonyl (C=O) groups is 1. The number of benzene rings is 1. The van der Waals surface area contributed by atoms with Gasteiger partial charge >= 0.3 is 0 Å². The average Bonchev–Trinajstić information content (AvgIpc) is 2.37. The first kappa shape index (κ1) is 15.8. The highest BCUT2D eigenvalue weighted by atomic mass is 35.5. The van der Waals surface area contributed by atoms with Gasteiger partial charge in [0, 0.05) is 23.2 Å². The Morgan fingerprint density at radius 3 is 2.74 bits per heavy atom. The second-order valence-corrected chi connectivity index (χ2v) is 4.96. The van der Waals surface area contributed by atoms with Crippen LogP contribution in [-0.2, 0) is 4.79 Å². The van der Waals surface area contributed by atoms with E-state index in [9.17, 15) is 4.79 Å². The molecule has 4 nitrogen and oxygen atoms in total. The van der Waals surface area contributed by atoms with Gasteiger partial charge in [0.15, 0.2) is 6.10 Å². The lowest BCUT2D eigenvalue weighted by Gasteiger charge is -2.18. The van der Waals surface area contributed by atoms with E-state index in [-0.39, 0.29) is 11.9 Å². The van der Waals surface area contributed by atoms with E-state index in [4.69, 9.17) is 22.1 Å². The van der Waals surface area contributed by atoms with Crippen LogP contribution in [0.3, 0.4) is 0 Å². The molecule has 0 radical (unpaired) electrons. The molecule has 0 heterocycles. The molecule has 1 rings (SSSR count). The summed E-state index contributed by atoms with van der Waals surface area (Å²) in [4.78, 5) is 11.8. The zero-order chi connectivity index (χ0) is 14.4. The average molecular weight is 285 g/mol. The molecule has 19 heavy (non-hydrogen) atoms. The summed E-state index contributed by atoms with van der Waals surface area (Å²) < 4.78 is 5.67. The van der Waals surface area contributed by atoms with Crippen LogP contribution in [0.1, 0.15) is 38.8 Å². The Bertz CT molecular complexity index is 435. The molecule has 0 saturated carbocycles. The van der Waals surface area contributed by atoms with Gasteiger partial charge in [0.05, 0.1) is 0 Å². The Labute approximate surface area is 119 Å². The van der Waals surface area contributed by atoms with Gasteiger partial charge in [-0.1, -0.05) is 18.5 Å². The summed E-state index contributed by atoms with van der Waals surface area (Å²) in [6.07, 6.45) is 0.329. The van der Waals surface area contributed by atoms with Gasteiger partial charge in [0.25, 0.3) is 5.91 Å². The number of ether oxygens (including phenoxy) is 1. The fraction of sp³-hybridized carbons (Fsp3) is 0.500. The van der Waals surface area contributed by atoms with Crippen LogP contribution in [0.5, 0.6) is 5.75 Å². The molecule has 1 unspecified atom stereocenters. The monoisotopic (exact) mass is 284 g/mol. The highest BCUT2D eigenvalue weighted by molar-refractivity contribution is 6.30. The van der Waals surface area contributed by atoms with Crippen LogP contribution in [-0.4, -0.2) is 18.6 Å². The molecule has 0 saturated heterocycles. The largest absolute Gasteiger partial charge is 0.481 e. The second kappa shape index (κ2) is 7.36. The molecular formula is C14H21ClN2O2. The van der Waals surface area contributed by atoms with Crippen LogP contribution in [0.4, 0.5) is 0 Å². The molecule has 2 atom stereocenters. The van der Waals surface area contributed by atoms with Crippen LogP contribution in [0.2, 0.25) is 5.02 Å².